The third kappa shape index (κ3) is 4.53. The summed E-state index contributed by atoms with van der Waals surface area (Å²) in [5, 5.41) is 2.87. The van der Waals surface area contributed by atoms with Crippen LogP contribution in [-0.4, -0.2) is 31.3 Å². The lowest BCUT2D eigenvalue weighted by Crippen LogP contribution is -2.31. The number of amides is 2. The van der Waals surface area contributed by atoms with Crippen molar-refractivity contribution in [2.24, 2.45) is 0 Å². The van der Waals surface area contributed by atoms with Crippen molar-refractivity contribution in [3.63, 3.8) is 0 Å². The van der Waals surface area contributed by atoms with Crippen LogP contribution in [0.25, 0.3) is 0 Å². The lowest BCUT2D eigenvalue weighted by molar-refractivity contribution is -0.167. The molecule has 0 unspecified atom stereocenters. The van der Waals surface area contributed by atoms with Crippen molar-refractivity contribution in [2.45, 2.75) is 12.4 Å². The molecule has 1 rings (SSSR count). The fourth-order valence-electron chi connectivity index (χ4n) is 1.28. The summed E-state index contributed by atoms with van der Waals surface area (Å²) >= 11 is 0. The van der Waals surface area contributed by atoms with Crippen LogP contribution in [-0.2, 0) is 9.59 Å². The number of carbonyl (C=O) groups is 2. The number of nitrogens with one attached hydrogen (secondary N) is 2. The van der Waals surface area contributed by atoms with Gasteiger partial charge in [0.2, 0.25) is 0 Å². The minimum absolute atomic E-state index is 0.234. The van der Waals surface area contributed by atoms with Crippen LogP contribution in [0.2, 0.25) is 0 Å². The molecular formula is C11H8F6N2O3. The first-order valence-electron chi connectivity index (χ1n) is 5.39. The van der Waals surface area contributed by atoms with Crippen LogP contribution >= 0.6 is 0 Å². The van der Waals surface area contributed by atoms with Crippen LogP contribution in [0, 0.1) is 0 Å². The van der Waals surface area contributed by atoms with E-state index in [0.29, 0.717) is 6.07 Å². The minimum atomic E-state index is -5.20. The second-order valence-electron chi connectivity index (χ2n) is 3.82. The molecule has 0 fully saturated rings. The van der Waals surface area contributed by atoms with Crippen LogP contribution in [0.3, 0.4) is 0 Å². The molecule has 1 aromatic rings. The van der Waals surface area contributed by atoms with E-state index in [9.17, 15) is 35.9 Å². The summed E-state index contributed by atoms with van der Waals surface area (Å²) in [6.45, 7) is 0. The molecule has 0 saturated heterocycles. The van der Waals surface area contributed by atoms with E-state index in [1.165, 1.54) is 10.6 Å². The highest BCUT2D eigenvalue weighted by Gasteiger charge is 2.40. The summed E-state index contributed by atoms with van der Waals surface area (Å²) in [6.07, 6.45) is -10.4. The smallest absolute Gasteiger partial charge is 0.471 e. The molecule has 1 aromatic carbocycles. The van der Waals surface area contributed by atoms with E-state index in [4.69, 9.17) is 0 Å². The Morgan fingerprint density at radius 1 is 0.955 bits per heavy atom. The molecule has 0 bridgehead atoms. The van der Waals surface area contributed by atoms with Gasteiger partial charge in [0.15, 0.2) is 0 Å². The number of anilines is 2. The number of hydrogen-bond donors (Lipinski definition) is 2. The Labute approximate surface area is 119 Å². The summed E-state index contributed by atoms with van der Waals surface area (Å²) < 4.78 is 77.4. The van der Waals surface area contributed by atoms with Crippen molar-refractivity contribution in [3.8, 4) is 5.75 Å². The number of halogens is 6. The van der Waals surface area contributed by atoms with Gasteiger partial charge in [0.05, 0.1) is 12.8 Å². The fraction of sp³-hybridized carbons (Fsp3) is 0.273. The summed E-state index contributed by atoms with van der Waals surface area (Å²) in [5.41, 5.74) is -1.02. The predicted molar refractivity (Wildman–Crippen MR) is 62.4 cm³/mol. The molecule has 122 valence electrons. The average Bonchev–Trinajstić information content (AvgIpc) is 2.36. The van der Waals surface area contributed by atoms with Gasteiger partial charge in [-0.15, -0.1) is 0 Å². The standard InChI is InChI=1S/C11H8F6N2O3/c1-22-7-3-2-5(18-8(20)10(12,13)14)4-6(7)19-9(21)11(15,16)17/h2-4H,1H3,(H,18,20)(H,19,21). The van der Waals surface area contributed by atoms with E-state index >= 15 is 0 Å². The first-order valence-corrected chi connectivity index (χ1v) is 5.39. The van der Waals surface area contributed by atoms with Gasteiger partial charge in [0.1, 0.15) is 5.75 Å². The van der Waals surface area contributed by atoms with Crippen LogP contribution in [0.5, 0.6) is 5.75 Å². The molecule has 0 atom stereocenters. The lowest BCUT2D eigenvalue weighted by Gasteiger charge is -2.14. The van der Waals surface area contributed by atoms with E-state index in [1.54, 1.807) is 0 Å². The molecule has 0 heterocycles. The summed E-state index contributed by atoms with van der Waals surface area (Å²) in [4.78, 5) is 21.6. The highest BCUT2D eigenvalue weighted by atomic mass is 19.4. The molecule has 11 heteroatoms. The third-order valence-electron chi connectivity index (χ3n) is 2.22. The maximum atomic E-state index is 12.2. The van der Waals surface area contributed by atoms with Crippen molar-refractivity contribution in [2.75, 3.05) is 17.7 Å². The Morgan fingerprint density at radius 2 is 1.45 bits per heavy atom. The number of ether oxygens (including phenoxy) is 1. The largest absolute Gasteiger partial charge is 0.495 e. The van der Waals surface area contributed by atoms with E-state index < -0.39 is 35.5 Å². The average molecular weight is 330 g/mol. The topological polar surface area (TPSA) is 67.4 Å². The fourth-order valence-corrected chi connectivity index (χ4v) is 1.28. The third-order valence-corrected chi connectivity index (χ3v) is 2.22. The van der Waals surface area contributed by atoms with Gasteiger partial charge in [0.25, 0.3) is 0 Å². The summed E-state index contributed by atoms with van der Waals surface area (Å²) in [6, 6.07) is 2.65. The van der Waals surface area contributed by atoms with Crippen LogP contribution < -0.4 is 15.4 Å². The summed E-state index contributed by atoms with van der Waals surface area (Å²) in [7, 11) is 1.08. The zero-order chi connectivity index (χ0) is 17.1. The molecule has 0 saturated carbocycles. The zero-order valence-electron chi connectivity index (χ0n) is 10.7. The Bertz CT molecular complexity index is 582. The predicted octanol–water partition coefficient (Wildman–Crippen LogP) is 2.70. The maximum absolute atomic E-state index is 12.2. The second kappa shape index (κ2) is 6.12. The number of rotatable bonds is 3. The quantitative estimate of drug-likeness (QED) is 0.838. The van der Waals surface area contributed by atoms with Gasteiger partial charge in [-0.1, -0.05) is 0 Å². The molecule has 0 spiro atoms. The van der Waals surface area contributed by atoms with Gasteiger partial charge in [-0.05, 0) is 18.2 Å². The highest BCUT2D eigenvalue weighted by Crippen LogP contribution is 2.30. The van der Waals surface area contributed by atoms with Crippen molar-refractivity contribution in [1.29, 1.82) is 0 Å². The maximum Gasteiger partial charge on any atom is 0.471 e. The van der Waals surface area contributed by atoms with Gasteiger partial charge in [-0.3, -0.25) is 9.59 Å². The van der Waals surface area contributed by atoms with Gasteiger partial charge in [-0.25, -0.2) is 0 Å². The van der Waals surface area contributed by atoms with Crippen molar-refractivity contribution >= 4 is 23.2 Å². The number of carbonyl (C=O) groups excluding carboxylic acids is 2. The number of alkyl halides is 6. The van der Waals surface area contributed by atoms with Crippen LogP contribution in [0.15, 0.2) is 18.2 Å². The molecule has 2 amide bonds. The van der Waals surface area contributed by atoms with Gasteiger partial charge in [0, 0.05) is 5.69 Å². The van der Waals surface area contributed by atoms with Crippen LogP contribution in [0.1, 0.15) is 0 Å². The van der Waals surface area contributed by atoms with Crippen molar-refractivity contribution in [1.82, 2.24) is 0 Å². The van der Waals surface area contributed by atoms with E-state index in [-0.39, 0.29) is 5.75 Å². The van der Waals surface area contributed by atoms with Gasteiger partial charge >= 0.3 is 24.2 Å². The van der Waals surface area contributed by atoms with Crippen molar-refractivity contribution < 1.29 is 40.7 Å². The molecular weight excluding hydrogens is 322 g/mol. The Balaban J connectivity index is 3.04. The Morgan fingerprint density at radius 3 is 1.91 bits per heavy atom. The monoisotopic (exact) mass is 330 g/mol. The second-order valence-corrected chi connectivity index (χ2v) is 3.82. The van der Waals surface area contributed by atoms with Crippen LogP contribution in [0.4, 0.5) is 37.7 Å². The normalized spacial score (nSPS) is 11.8. The Kier molecular flexibility index (Phi) is 4.89. The first kappa shape index (κ1) is 17.6. The number of hydrogen-bond acceptors (Lipinski definition) is 3. The molecule has 0 radical (unpaired) electrons. The lowest BCUT2D eigenvalue weighted by atomic mass is 10.2. The SMILES string of the molecule is COc1ccc(NC(=O)C(F)(F)F)cc1NC(=O)C(F)(F)F. The molecule has 0 aliphatic rings. The molecule has 22 heavy (non-hydrogen) atoms. The number of benzene rings is 1. The summed E-state index contributed by atoms with van der Waals surface area (Å²) in [5.74, 6) is -4.89. The molecule has 0 aromatic heterocycles. The van der Waals surface area contributed by atoms with Gasteiger partial charge in [-0.2, -0.15) is 26.3 Å². The number of methoxy groups -OCH3 is 1. The Hall–Kier alpha value is -2.46. The van der Waals surface area contributed by atoms with Gasteiger partial charge < -0.3 is 15.4 Å². The van der Waals surface area contributed by atoms with Crippen molar-refractivity contribution in [3.05, 3.63) is 18.2 Å². The van der Waals surface area contributed by atoms with E-state index in [0.717, 1.165) is 19.2 Å². The minimum Gasteiger partial charge on any atom is -0.495 e. The van der Waals surface area contributed by atoms with E-state index in [2.05, 4.69) is 4.74 Å². The molecule has 0 aliphatic carbocycles. The molecule has 5 nitrogen and oxygen atoms in total. The zero-order valence-corrected chi connectivity index (χ0v) is 10.7. The highest BCUT2D eigenvalue weighted by molar-refractivity contribution is 5.99. The first-order chi connectivity index (χ1) is 9.95. The molecule has 2 N–H and O–H groups in total. The molecule has 0 aliphatic heterocycles. The van der Waals surface area contributed by atoms with E-state index in [1.807, 2.05) is 0 Å².